The predicted molar refractivity (Wildman–Crippen MR) is 92.2 cm³/mol. The summed E-state index contributed by atoms with van der Waals surface area (Å²) in [5.74, 6) is -0.167. The third-order valence-electron chi connectivity index (χ3n) is 3.19. The number of hydrogen-bond donors (Lipinski definition) is 1. The number of hydrogen-bond acceptors (Lipinski definition) is 1. The Morgan fingerprint density at radius 3 is 2.24 bits per heavy atom. The standard InChI is InChI=1S/C17H17BrClNO/c1-17(2,3)12-6-4-11(5-7-12)16(21)20-15-9-8-13(18)10-14(15)19/h4-10H,1-3H3,(H,20,21). The second-order valence-electron chi connectivity index (χ2n) is 5.91. The molecule has 0 aliphatic rings. The average molecular weight is 367 g/mol. The summed E-state index contributed by atoms with van der Waals surface area (Å²) in [6.07, 6.45) is 0. The zero-order chi connectivity index (χ0) is 15.6. The molecule has 2 rings (SSSR count). The van der Waals surface area contributed by atoms with Gasteiger partial charge in [-0.3, -0.25) is 4.79 Å². The minimum absolute atomic E-state index is 0.0734. The molecule has 21 heavy (non-hydrogen) atoms. The Hall–Kier alpha value is -1.32. The molecule has 110 valence electrons. The number of nitrogens with one attached hydrogen (secondary N) is 1. The first kappa shape index (κ1) is 16.1. The van der Waals surface area contributed by atoms with Crippen molar-refractivity contribution >= 4 is 39.1 Å². The lowest BCUT2D eigenvalue weighted by molar-refractivity contribution is 0.102. The first-order valence-electron chi connectivity index (χ1n) is 6.64. The van der Waals surface area contributed by atoms with E-state index in [0.29, 0.717) is 16.3 Å². The second-order valence-corrected chi connectivity index (χ2v) is 7.23. The minimum Gasteiger partial charge on any atom is -0.321 e. The van der Waals surface area contributed by atoms with E-state index in [1.54, 1.807) is 12.1 Å². The summed E-state index contributed by atoms with van der Waals surface area (Å²) < 4.78 is 0.875. The van der Waals surface area contributed by atoms with Gasteiger partial charge in [0.25, 0.3) is 5.91 Å². The molecule has 4 heteroatoms. The number of carbonyl (C=O) groups is 1. The Morgan fingerprint density at radius 2 is 1.71 bits per heavy atom. The van der Waals surface area contributed by atoms with Gasteiger partial charge in [-0.25, -0.2) is 0 Å². The van der Waals surface area contributed by atoms with E-state index < -0.39 is 0 Å². The SMILES string of the molecule is CC(C)(C)c1ccc(C(=O)Nc2ccc(Br)cc2Cl)cc1. The highest BCUT2D eigenvalue weighted by molar-refractivity contribution is 9.10. The normalized spacial score (nSPS) is 11.3. The molecule has 0 aliphatic carbocycles. The van der Waals surface area contributed by atoms with Crippen molar-refractivity contribution in [3.63, 3.8) is 0 Å². The van der Waals surface area contributed by atoms with Crippen LogP contribution in [-0.2, 0) is 5.41 Å². The van der Waals surface area contributed by atoms with E-state index in [9.17, 15) is 4.79 Å². The van der Waals surface area contributed by atoms with Gasteiger partial charge < -0.3 is 5.32 Å². The average Bonchev–Trinajstić information content (AvgIpc) is 2.41. The largest absolute Gasteiger partial charge is 0.321 e. The lowest BCUT2D eigenvalue weighted by Gasteiger charge is -2.19. The Bertz CT molecular complexity index is 659. The number of anilines is 1. The van der Waals surface area contributed by atoms with Gasteiger partial charge in [0.1, 0.15) is 0 Å². The lowest BCUT2D eigenvalue weighted by atomic mass is 9.87. The van der Waals surface area contributed by atoms with Gasteiger partial charge in [-0.2, -0.15) is 0 Å². The summed E-state index contributed by atoms with van der Waals surface area (Å²) >= 11 is 9.44. The highest BCUT2D eigenvalue weighted by Crippen LogP contribution is 2.26. The smallest absolute Gasteiger partial charge is 0.255 e. The zero-order valence-electron chi connectivity index (χ0n) is 12.2. The van der Waals surface area contributed by atoms with E-state index >= 15 is 0 Å². The van der Waals surface area contributed by atoms with Crippen LogP contribution in [0.25, 0.3) is 0 Å². The molecular formula is C17H17BrClNO. The molecule has 2 aromatic rings. The van der Waals surface area contributed by atoms with Crippen LogP contribution < -0.4 is 5.32 Å². The van der Waals surface area contributed by atoms with E-state index in [0.717, 1.165) is 4.47 Å². The number of rotatable bonds is 2. The highest BCUT2D eigenvalue weighted by atomic mass is 79.9. The van der Waals surface area contributed by atoms with Crippen molar-refractivity contribution < 1.29 is 4.79 Å². The predicted octanol–water partition coefficient (Wildman–Crippen LogP) is 5.65. The zero-order valence-corrected chi connectivity index (χ0v) is 14.5. The van der Waals surface area contributed by atoms with Gasteiger partial charge in [0, 0.05) is 10.0 Å². The van der Waals surface area contributed by atoms with Gasteiger partial charge in [0.05, 0.1) is 10.7 Å². The van der Waals surface area contributed by atoms with Gasteiger partial charge in [0.15, 0.2) is 0 Å². The fourth-order valence-corrected chi connectivity index (χ4v) is 2.63. The second kappa shape index (κ2) is 6.20. The number of carbonyl (C=O) groups excluding carboxylic acids is 1. The Balaban J connectivity index is 2.17. The first-order valence-corrected chi connectivity index (χ1v) is 7.81. The van der Waals surface area contributed by atoms with Crippen LogP contribution in [0.1, 0.15) is 36.7 Å². The molecule has 0 fully saturated rings. The molecule has 2 aromatic carbocycles. The fourth-order valence-electron chi connectivity index (χ4n) is 1.91. The minimum atomic E-state index is -0.167. The van der Waals surface area contributed by atoms with E-state index in [-0.39, 0.29) is 11.3 Å². The molecule has 0 aliphatic heterocycles. The molecule has 0 unspecified atom stereocenters. The van der Waals surface area contributed by atoms with Crippen molar-refractivity contribution in [2.45, 2.75) is 26.2 Å². The highest BCUT2D eigenvalue weighted by Gasteiger charge is 2.14. The molecule has 0 radical (unpaired) electrons. The maximum atomic E-state index is 12.2. The topological polar surface area (TPSA) is 29.1 Å². The van der Waals surface area contributed by atoms with E-state index in [4.69, 9.17) is 11.6 Å². The van der Waals surface area contributed by atoms with Crippen LogP contribution >= 0.6 is 27.5 Å². The van der Waals surface area contributed by atoms with Gasteiger partial charge in [0.2, 0.25) is 0 Å². The quantitative estimate of drug-likeness (QED) is 0.731. The third kappa shape index (κ3) is 4.08. The van der Waals surface area contributed by atoms with Gasteiger partial charge in [-0.05, 0) is 41.3 Å². The molecule has 0 spiro atoms. The van der Waals surface area contributed by atoms with Crippen molar-refractivity contribution in [3.8, 4) is 0 Å². The van der Waals surface area contributed by atoms with Crippen molar-refractivity contribution in [1.82, 2.24) is 0 Å². The maximum Gasteiger partial charge on any atom is 0.255 e. The molecule has 0 heterocycles. The van der Waals surface area contributed by atoms with Crippen LogP contribution in [0.3, 0.4) is 0 Å². The first-order chi connectivity index (χ1) is 9.77. The monoisotopic (exact) mass is 365 g/mol. The Morgan fingerprint density at radius 1 is 1.10 bits per heavy atom. The molecule has 0 saturated heterocycles. The van der Waals surface area contributed by atoms with Crippen molar-refractivity contribution in [1.29, 1.82) is 0 Å². The summed E-state index contributed by atoms with van der Waals surface area (Å²) in [7, 11) is 0. The van der Waals surface area contributed by atoms with Crippen molar-refractivity contribution in [2.75, 3.05) is 5.32 Å². The molecule has 0 aromatic heterocycles. The summed E-state index contributed by atoms with van der Waals surface area (Å²) in [4.78, 5) is 12.2. The molecule has 1 N–H and O–H groups in total. The van der Waals surface area contributed by atoms with Crippen LogP contribution in [-0.4, -0.2) is 5.91 Å². The van der Waals surface area contributed by atoms with Crippen molar-refractivity contribution in [3.05, 3.63) is 63.1 Å². The summed E-state index contributed by atoms with van der Waals surface area (Å²) in [5, 5.41) is 3.32. The maximum absolute atomic E-state index is 12.2. The van der Waals surface area contributed by atoms with Gasteiger partial charge in [-0.15, -0.1) is 0 Å². The molecular weight excluding hydrogens is 350 g/mol. The van der Waals surface area contributed by atoms with E-state index in [2.05, 4.69) is 42.0 Å². The Labute approximate surface area is 138 Å². The lowest BCUT2D eigenvalue weighted by Crippen LogP contribution is -2.14. The Kier molecular flexibility index (Phi) is 4.74. The number of halogens is 2. The molecule has 1 amide bonds. The van der Waals surface area contributed by atoms with Crippen LogP contribution in [0.2, 0.25) is 5.02 Å². The van der Waals surface area contributed by atoms with E-state index in [1.807, 2.05) is 30.3 Å². The van der Waals surface area contributed by atoms with Gasteiger partial charge >= 0.3 is 0 Å². The number of amides is 1. The molecule has 0 saturated carbocycles. The van der Waals surface area contributed by atoms with Crippen LogP contribution in [0, 0.1) is 0 Å². The fraction of sp³-hybridized carbons (Fsp3) is 0.235. The molecule has 0 atom stereocenters. The van der Waals surface area contributed by atoms with E-state index in [1.165, 1.54) is 5.56 Å². The van der Waals surface area contributed by atoms with Gasteiger partial charge in [-0.1, -0.05) is 60.4 Å². The molecule has 2 nitrogen and oxygen atoms in total. The number of benzene rings is 2. The molecule has 0 bridgehead atoms. The summed E-state index contributed by atoms with van der Waals surface area (Å²) in [5.41, 5.74) is 2.48. The van der Waals surface area contributed by atoms with Crippen LogP contribution in [0.4, 0.5) is 5.69 Å². The summed E-state index contributed by atoms with van der Waals surface area (Å²) in [6, 6.07) is 13.0. The summed E-state index contributed by atoms with van der Waals surface area (Å²) in [6.45, 7) is 6.43. The third-order valence-corrected chi connectivity index (χ3v) is 4.00. The van der Waals surface area contributed by atoms with Crippen LogP contribution in [0.5, 0.6) is 0 Å². The van der Waals surface area contributed by atoms with Crippen molar-refractivity contribution in [2.24, 2.45) is 0 Å². The van der Waals surface area contributed by atoms with Crippen LogP contribution in [0.15, 0.2) is 46.9 Å².